The molecular formula is C6H5N3O3. The first-order chi connectivity index (χ1) is 5.75. The number of nitrogens with two attached hydrogens (primary N) is 1. The number of nitrogen functional groups attached to an aromatic ring is 1. The summed E-state index contributed by atoms with van der Waals surface area (Å²) in [5.74, 6) is 1.26. The van der Waals surface area contributed by atoms with E-state index in [-0.39, 0.29) is 18.1 Å². The molecule has 1 heterocycles. The summed E-state index contributed by atoms with van der Waals surface area (Å²) in [6.07, 6.45) is 4.85. The van der Waals surface area contributed by atoms with Gasteiger partial charge in [0.2, 0.25) is 11.5 Å². The van der Waals surface area contributed by atoms with Crippen LogP contribution in [-0.4, -0.2) is 22.9 Å². The van der Waals surface area contributed by atoms with Crippen molar-refractivity contribution in [3.05, 3.63) is 5.69 Å². The summed E-state index contributed by atoms with van der Waals surface area (Å²) >= 11 is 0. The van der Waals surface area contributed by atoms with Gasteiger partial charge in [0.05, 0.1) is 0 Å². The van der Waals surface area contributed by atoms with Gasteiger partial charge >= 0.3 is 5.97 Å². The van der Waals surface area contributed by atoms with Crippen LogP contribution in [0.15, 0.2) is 4.63 Å². The monoisotopic (exact) mass is 167 g/mol. The third-order valence-electron chi connectivity index (χ3n) is 0.994. The molecule has 6 nitrogen and oxygen atoms in total. The summed E-state index contributed by atoms with van der Waals surface area (Å²) in [4.78, 5) is 10.9. The summed E-state index contributed by atoms with van der Waals surface area (Å²) in [6.45, 7) is -0.134. The smallest absolute Gasteiger partial charge is 0.365 e. The number of ether oxygens (including phenoxy) is 1. The molecule has 0 unspecified atom stereocenters. The fourth-order valence-electron chi connectivity index (χ4n) is 0.513. The van der Waals surface area contributed by atoms with Crippen molar-refractivity contribution in [3.8, 4) is 12.3 Å². The van der Waals surface area contributed by atoms with Gasteiger partial charge in [0, 0.05) is 0 Å². The lowest BCUT2D eigenvalue weighted by atomic mass is 10.4. The predicted molar refractivity (Wildman–Crippen MR) is 37.8 cm³/mol. The zero-order valence-electron chi connectivity index (χ0n) is 5.98. The number of hydrogen-bond acceptors (Lipinski definition) is 6. The molecule has 12 heavy (non-hydrogen) atoms. The Morgan fingerprint density at radius 2 is 2.50 bits per heavy atom. The van der Waals surface area contributed by atoms with Crippen LogP contribution in [0.4, 0.5) is 5.82 Å². The molecule has 0 bridgehead atoms. The van der Waals surface area contributed by atoms with Gasteiger partial charge < -0.3 is 10.5 Å². The molecule has 2 N–H and O–H groups in total. The van der Waals surface area contributed by atoms with E-state index in [4.69, 9.17) is 12.2 Å². The lowest BCUT2D eigenvalue weighted by molar-refractivity contribution is 0.0545. The van der Waals surface area contributed by atoms with E-state index in [1.165, 1.54) is 0 Å². The maximum absolute atomic E-state index is 10.9. The third-order valence-corrected chi connectivity index (χ3v) is 0.994. The van der Waals surface area contributed by atoms with Gasteiger partial charge in [-0.05, 0) is 10.3 Å². The van der Waals surface area contributed by atoms with E-state index in [9.17, 15) is 4.79 Å². The molecule has 1 aromatic heterocycles. The number of carbonyl (C=O) groups is 1. The van der Waals surface area contributed by atoms with E-state index in [0.717, 1.165) is 0 Å². The lowest BCUT2D eigenvalue weighted by Gasteiger charge is -1.94. The predicted octanol–water partition coefficient (Wildman–Crippen LogP) is -0.558. The fourth-order valence-corrected chi connectivity index (χ4v) is 0.513. The Kier molecular flexibility index (Phi) is 2.28. The molecule has 0 aliphatic heterocycles. The molecule has 0 aliphatic carbocycles. The second-order valence-electron chi connectivity index (χ2n) is 1.78. The number of terminal acetylenes is 1. The second-order valence-corrected chi connectivity index (χ2v) is 1.78. The van der Waals surface area contributed by atoms with Crippen LogP contribution in [0.5, 0.6) is 0 Å². The molecule has 0 spiro atoms. The maximum atomic E-state index is 10.9. The highest BCUT2D eigenvalue weighted by atomic mass is 16.6. The molecule has 0 aliphatic rings. The maximum Gasteiger partial charge on any atom is 0.365 e. The van der Waals surface area contributed by atoms with Crippen LogP contribution < -0.4 is 5.73 Å². The summed E-state index contributed by atoms with van der Waals surface area (Å²) in [7, 11) is 0. The molecule has 0 radical (unpaired) electrons. The van der Waals surface area contributed by atoms with Gasteiger partial charge in [0.25, 0.3) is 0 Å². The average Bonchev–Trinajstić information content (AvgIpc) is 2.47. The second kappa shape index (κ2) is 3.39. The molecule has 1 rings (SSSR count). The topological polar surface area (TPSA) is 91.2 Å². The van der Waals surface area contributed by atoms with E-state index < -0.39 is 5.97 Å². The highest BCUT2D eigenvalue weighted by molar-refractivity contribution is 5.91. The summed E-state index contributed by atoms with van der Waals surface area (Å²) < 4.78 is 8.67. The Hall–Kier alpha value is -2.03. The Morgan fingerprint density at radius 1 is 1.75 bits per heavy atom. The lowest BCUT2D eigenvalue weighted by Crippen LogP contribution is -2.08. The Morgan fingerprint density at radius 3 is 3.00 bits per heavy atom. The van der Waals surface area contributed by atoms with Gasteiger partial charge in [-0.25, -0.2) is 9.42 Å². The standard InChI is InChI=1S/C6H5N3O3/c1-2-3-11-6(10)4-5(7)9-12-8-4/h1H,3H2,(H2,7,9). The van der Waals surface area contributed by atoms with Crippen molar-refractivity contribution < 1.29 is 14.2 Å². The molecule has 6 heteroatoms. The molecule has 0 saturated heterocycles. The number of aromatic nitrogens is 2. The number of esters is 1. The summed E-state index contributed by atoms with van der Waals surface area (Å²) in [6, 6.07) is 0. The highest BCUT2D eigenvalue weighted by Crippen LogP contribution is 2.04. The largest absolute Gasteiger partial charge is 0.448 e. The first-order valence-corrected chi connectivity index (χ1v) is 2.94. The SMILES string of the molecule is C#CCOC(=O)c1nonc1N. The minimum Gasteiger partial charge on any atom is -0.448 e. The van der Waals surface area contributed by atoms with E-state index in [2.05, 4.69) is 25.6 Å². The molecule has 62 valence electrons. The first-order valence-electron chi connectivity index (χ1n) is 2.94. The fraction of sp³-hybridized carbons (Fsp3) is 0.167. The van der Waals surface area contributed by atoms with Gasteiger partial charge in [0.1, 0.15) is 0 Å². The first kappa shape index (κ1) is 8.07. The molecule has 0 amide bonds. The van der Waals surface area contributed by atoms with Crippen molar-refractivity contribution in [1.29, 1.82) is 0 Å². The Bertz CT molecular complexity index is 325. The van der Waals surface area contributed by atoms with Crippen molar-refractivity contribution in [2.75, 3.05) is 12.3 Å². The molecule has 0 saturated carbocycles. The summed E-state index contributed by atoms with van der Waals surface area (Å²) in [5.41, 5.74) is 5.03. The minimum absolute atomic E-state index is 0.114. The van der Waals surface area contributed by atoms with Crippen LogP contribution in [0, 0.1) is 12.3 Å². The van der Waals surface area contributed by atoms with Crippen LogP contribution >= 0.6 is 0 Å². The van der Waals surface area contributed by atoms with Crippen LogP contribution in [-0.2, 0) is 4.74 Å². The number of carbonyl (C=O) groups excluding carboxylic acids is 1. The van der Waals surface area contributed by atoms with Gasteiger partial charge in [-0.15, -0.1) is 6.42 Å². The molecular weight excluding hydrogens is 162 g/mol. The molecule has 0 fully saturated rings. The van der Waals surface area contributed by atoms with Gasteiger partial charge in [0.15, 0.2) is 6.61 Å². The third kappa shape index (κ3) is 1.52. The van der Waals surface area contributed by atoms with Crippen molar-refractivity contribution in [1.82, 2.24) is 10.3 Å². The Balaban J connectivity index is 2.67. The zero-order chi connectivity index (χ0) is 8.97. The van der Waals surface area contributed by atoms with Crippen molar-refractivity contribution in [2.45, 2.75) is 0 Å². The van der Waals surface area contributed by atoms with Gasteiger partial charge in [-0.1, -0.05) is 5.92 Å². The van der Waals surface area contributed by atoms with E-state index in [1.54, 1.807) is 0 Å². The zero-order valence-corrected chi connectivity index (χ0v) is 5.98. The molecule has 1 aromatic rings. The van der Waals surface area contributed by atoms with E-state index >= 15 is 0 Å². The number of hydrogen-bond donors (Lipinski definition) is 1. The van der Waals surface area contributed by atoms with Gasteiger partial charge in [-0.2, -0.15) is 0 Å². The average molecular weight is 167 g/mol. The normalized spacial score (nSPS) is 8.92. The van der Waals surface area contributed by atoms with Crippen LogP contribution in [0.25, 0.3) is 0 Å². The van der Waals surface area contributed by atoms with Crippen LogP contribution in [0.2, 0.25) is 0 Å². The van der Waals surface area contributed by atoms with E-state index in [0.29, 0.717) is 0 Å². The minimum atomic E-state index is -0.744. The van der Waals surface area contributed by atoms with Crippen LogP contribution in [0.3, 0.4) is 0 Å². The van der Waals surface area contributed by atoms with Crippen molar-refractivity contribution in [2.24, 2.45) is 0 Å². The molecule has 0 aromatic carbocycles. The van der Waals surface area contributed by atoms with Gasteiger partial charge in [-0.3, -0.25) is 0 Å². The Labute approximate surface area is 67.6 Å². The summed E-state index contributed by atoms with van der Waals surface area (Å²) in [5, 5.41) is 6.40. The van der Waals surface area contributed by atoms with Crippen molar-refractivity contribution in [3.63, 3.8) is 0 Å². The molecule has 0 atom stereocenters. The van der Waals surface area contributed by atoms with Crippen LogP contribution in [0.1, 0.15) is 10.5 Å². The number of anilines is 1. The van der Waals surface area contributed by atoms with Crippen molar-refractivity contribution >= 4 is 11.8 Å². The number of rotatable bonds is 2. The number of nitrogens with zero attached hydrogens (tertiary/aromatic N) is 2. The quantitative estimate of drug-likeness (QED) is 0.469. The highest BCUT2D eigenvalue weighted by Gasteiger charge is 2.16. The van der Waals surface area contributed by atoms with E-state index in [1.807, 2.05) is 0 Å².